The van der Waals surface area contributed by atoms with Gasteiger partial charge in [0.25, 0.3) is 5.56 Å². The number of carboxylic acids is 1. The maximum absolute atomic E-state index is 13.4. The predicted octanol–water partition coefficient (Wildman–Crippen LogP) is 3.08. The van der Waals surface area contributed by atoms with Crippen molar-refractivity contribution in [2.45, 2.75) is 53.1 Å². The standard InChI is InChI=1S/C23H26N2O6S/c1-6-31-20(27)17-14(3)16-18(26)25(23(4,5)21(28)29)22(30)24(19(16)32-17)12-11-15-9-7-13(2)8-10-15/h7-10H,6,11-12H2,1-5H3,(H,28,29). The summed E-state index contributed by atoms with van der Waals surface area (Å²) in [6.45, 7) is 8.27. The molecule has 0 atom stereocenters. The number of carboxylic acid groups (broad SMARTS) is 1. The van der Waals surface area contributed by atoms with Crippen LogP contribution < -0.4 is 11.2 Å². The number of carbonyl (C=O) groups excluding carboxylic acids is 1. The summed E-state index contributed by atoms with van der Waals surface area (Å²) in [4.78, 5) is 51.6. The Kier molecular flexibility index (Phi) is 6.41. The molecular weight excluding hydrogens is 432 g/mol. The lowest BCUT2D eigenvalue weighted by atomic mass is 10.1. The highest BCUT2D eigenvalue weighted by molar-refractivity contribution is 7.20. The zero-order valence-electron chi connectivity index (χ0n) is 18.7. The van der Waals surface area contributed by atoms with Crippen molar-refractivity contribution in [2.75, 3.05) is 6.61 Å². The van der Waals surface area contributed by atoms with E-state index >= 15 is 0 Å². The maximum Gasteiger partial charge on any atom is 0.348 e. The van der Waals surface area contributed by atoms with Crippen molar-refractivity contribution in [2.24, 2.45) is 0 Å². The first-order chi connectivity index (χ1) is 15.0. The number of benzene rings is 1. The molecule has 0 fully saturated rings. The van der Waals surface area contributed by atoms with Crippen molar-refractivity contribution >= 4 is 33.5 Å². The first-order valence-electron chi connectivity index (χ1n) is 10.3. The van der Waals surface area contributed by atoms with Gasteiger partial charge in [0.2, 0.25) is 0 Å². The fraction of sp³-hybridized carbons (Fsp3) is 0.391. The second kappa shape index (κ2) is 8.74. The average Bonchev–Trinajstić information content (AvgIpc) is 3.06. The molecular formula is C23H26N2O6S. The number of carbonyl (C=O) groups is 2. The average molecular weight is 459 g/mol. The molecule has 0 unspecified atom stereocenters. The van der Waals surface area contributed by atoms with Crippen molar-refractivity contribution in [1.29, 1.82) is 0 Å². The van der Waals surface area contributed by atoms with Gasteiger partial charge in [0.1, 0.15) is 15.2 Å². The molecule has 8 nitrogen and oxygen atoms in total. The summed E-state index contributed by atoms with van der Waals surface area (Å²) in [6.07, 6.45) is 0.493. The van der Waals surface area contributed by atoms with Gasteiger partial charge in [-0.3, -0.25) is 9.36 Å². The summed E-state index contributed by atoms with van der Waals surface area (Å²) in [6, 6.07) is 7.85. The molecule has 0 saturated carbocycles. The van der Waals surface area contributed by atoms with Crippen molar-refractivity contribution in [1.82, 2.24) is 9.13 Å². The number of esters is 1. The Hall–Kier alpha value is -3.20. The zero-order chi connectivity index (χ0) is 23.8. The third-order valence-corrected chi connectivity index (χ3v) is 6.80. The highest BCUT2D eigenvalue weighted by Crippen LogP contribution is 2.29. The number of aliphatic carboxylic acids is 1. The van der Waals surface area contributed by atoms with E-state index in [0.29, 0.717) is 16.8 Å². The van der Waals surface area contributed by atoms with E-state index in [-0.39, 0.29) is 23.4 Å². The van der Waals surface area contributed by atoms with E-state index < -0.39 is 28.7 Å². The predicted molar refractivity (Wildman–Crippen MR) is 123 cm³/mol. The molecule has 1 aromatic carbocycles. The molecule has 9 heteroatoms. The van der Waals surface area contributed by atoms with Crippen LogP contribution in [0.15, 0.2) is 33.9 Å². The van der Waals surface area contributed by atoms with E-state index in [1.807, 2.05) is 31.2 Å². The molecule has 0 spiro atoms. The number of hydrogen-bond acceptors (Lipinski definition) is 6. The monoisotopic (exact) mass is 458 g/mol. The molecule has 32 heavy (non-hydrogen) atoms. The number of rotatable bonds is 7. The smallest absolute Gasteiger partial charge is 0.348 e. The lowest BCUT2D eigenvalue weighted by Crippen LogP contribution is -2.52. The molecule has 0 amide bonds. The number of fused-ring (bicyclic) bond motifs is 1. The van der Waals surface area contributed by atoms with Gasteiger partial charge in [-0.05, 0) is 52.2 Å². The van der Waals surface area contributed by atoms with Gasteiger partial charge in [-0.15, -0.1) is 11.3 Å². The molecule has 2 aromatic heterocycles. The third-order valence-electron chi connectivity index (χ3n) is 5.50. The second-order valence-corrected chi connectivity index (χ2v) is 9.13. The summed E-state index contributed by atoms with van der Waals surface area (Å²) in [7, 11) is 0. The molecule has 0 saturated heterocycles. The van der Waals surface area contributed by atoms with Gasteiger partial charge in [0.05, 0.1) is 12.0 Å². The molecule has 0 aliphatic rings. The summed E-state index contributed by atoms with van der Waals surface area (Å²) < 4.78 is 7.26. The molecule has 2 heterocycles. The van der Waals surface area contributed by atoms with Crippen LogP contribution in [-0.4, -0.2) is 32.8 Å². The highest BCUT2D eigenvalue weighted by Gasteiger charge is 2.35. The molecule has 0 aliphatic heterocycles. The summed E-state index contributed by atoms with van der Waals surface area (Å²) in [5, 5.41) is 9.86. The van der Waals surface area contributed by atoms with Crippen LogP contribution in [0.4, 0.5) is 0 Å². The second-order valence-electron chi connectivity index (χ2n) is 8.13. The van der Waals surface area contributed by atoms with Crippen molar-refractivity contribution < 1.29 is 19.4 Å². The van der Waals surface area contributed by atoms with E-state index in [4.69, 9.17) is 4.74 Å². The van der Waals surface area contributed by atoms with Gasteiger partial charge in [0, 0.05) is 6.54 Å². The molecule has 1 N–H and O–H groups in total. The number of aromatic nitrogens is 2. The zero-order valence-corrected chi connectivity index (χ0v) is 19.5. The van der Waals surface area contributed by atoms with Crippen LogP contribution in [0.5, 0.6) is 0 Å². The Balaban J connectivity index is 2.29. The van der Waals surface area contributed by atoms with Crippen LogP contribution in [0.3, 0.4) is 0 Å². The largest absolute Gasteiger partial charge is 0.480 e. The van der Waals surface area contributed by atoms with Gasteiger partial charge in [-0.1, -0.05) is 29.8 Å². The Morgan fingerprint density at radius 2 is 1.75 bits per heavy atom. The van der Waals surface area contributed by atoms with E-state index in [0.717, 1.165) is 27.0 Å². The Morgan fingerprint density at radius 3 is 2.31 bits per heavy atom. The normalized spacial score (nSPS) is 11.7. The van der Waals surface area contributed by atoms with Gasteiger partial charge < -0.3 is 9.84 Å². The van der Waals surface area contributed by atoms with Crippen molar-refractivity contribution in [3.8, 4) is 0 Å². The number of aryl methyl sites for hydroxylation is 4. The minimum absolute atomic E-state index is 0.163. The molecule has 3 rings (SSSR count). The topological polar surface area (TPSA) is 108 Å². The Morgan fingerprint density at radius 1 is 1.12 bits per heavy atom. The number of ether oxygens (including phenoxy) is 1. The Labute approximate surface area is 188 Å². The van der Waals surface area contributed by atoms with E-state index in [1.54, 1.807) is 13.8 Å². The minimum atomic E-state index is -1.77. The van der Waals surface area contributed by atoms with Crippen LogP contribution in [0.2, 0.25) is 0 Å². The first-order valence-corrected chi connectivity index (χ1v) is 11.1. The lowest BCUT2D eigenvalue weighted by Gasteiger charge is -2.23. The summed E-state index contributed by atoms with van der Waals surface area (Å²) >= 11 is 1.02. The molecule has 0 bridgehead atoms. The van der Waals surface area contributed by atoms with Crippen LogP contribution in [0.25, 0.3) is 10.2 Å². The fourth-order valence-electron chi connectivity index (χ4n) is 3.52. The van der Waals surface area contributed by atoms with Crippen molar-refractivity contribution in [3.05, 3.63) is 66.7 Å². The first kappa shape index (κ1) is 23.5. The van der Waals surface area contributed by atoms with E-state index in [1.165, 1.54) is 18.4 Å². The fourth-order valence-corrected chi connectivity index (χ4v) is 4.73. The van der Waals surface area contributed by atoms with Gasteiger partial charge in [0.15, 0.2) is 0 Å². The molecule has 3 aromatic rings. The summed E-state index contributed by atoms with van der Waals surface area (Å²) in [5.74, 6) is -1.88. The van der Waals surface area contributed by atoms with Crippen LogP contribution in [0.1, 0.15) is 47.1 Å². The molecule has 170 valence electrons. The quantitative estimate of drug-likeness (QED) is 0.545. The van der Waals surface area contributed by atoms with Gasteiger partial charge in [-0.25, -0.2) is 19.0 Å². The van der Waals surface area contributed by atoms with E-state index in [2.05, 4.69) is 0 Å². The third kappa shape index (κ3) is 4.00. The molecule has 0 radical (unpaired) electrons. The summed E-state index contributed by atoms with van der Waals surface area (Å²) in [5.41, 5.74) is -0.742. The maximum atomic E-state index is 13.4. The van der Waals surface area contributed by atoms with Crippen molar-refractivity contribution in [3.63, 3.8) is 0 Å². The van der Waals surface area contributed by atoms with Crippen LogP contribution in [0, 0.1) is 13.8 Å². The van der Waals surface area contributed by atoms with Gasteiger partial charge in [-0.2, -0.15) is 0 Å². The van der Waals surface area contributed by atoms with E-state index in [9.17, 15) is 24.3 Å². The Bertz CT molecular complexity index is 1310. The highest BCUT2D eigenvalue weighted by atomic mass is 32.1. The number of hydrogen-bond donors (Lipinski definition) is 1. The van der Waals surface area contributed by atoms with Crippen LogP contribution >= 0.6 is 11.3 Å². The number of thiophene rings is 1. The van der Waals surface area contributed by atoms with Crippen LogP contribution in [-0.2, 0) is 28.0 Å². The minimum Gasteiger partial charge on any atom is -0.480 e. The number of nitrogens with zero attached hydrogens (tertiary/aromatic N) is 2. The molecule has 0 aliphatic carbocycles. The lowest BCUT2D eigenvalue weighted by molar-refractivity contribution is -0.146. The van der Waals surface area contributed by atoms with Gasteiger partial charge >= 0.3 is 17.6 Å². The SMILES string of the molecule is CCOC(=O)c1sc2c(c1C)c(=O)n(C(C)(C)C(=O)O)c(=O)n2CCc1ccc(C)cc1.